The van der Waals surface area contributed by atoms with E-state index in [9.17, 15) is 5.11 Å². The van der Waals surface area contributed by atoms with Crippen LogP contribution in [0.2, 0.25) is 5.02 Å². The second kappa shape index (κ2) is 6.77. The summed E-state index contributed by atoms with van der Waals surface area (Å²) in [6.45, 7) is 3.78. The van der Waals surface area contributed by atoms with Gasteiger partial charge in [-0.1, -0.05) is 28.9 Å². The molecule has 1 aliphatic rings. The van der Waals surface area contributed by atoms with Crippen LogP contribution in [0.5, 0.6) is 0 Å². The van der Waals surface area contributed by atoms with Crippen LogP contribution in [0.25, 0.3) is 0 Å². The van der Waals surface area contributed by atoms with E-state index in [1.54, 1.807) is 0 Å². The van der Waals surface area contributed by atoms with E-state index in [1.807, 2.05) is 24.3 Å². The molecule has 22 heavy (non-hydrogen) atoms. The molecule has 0 amide bonds. The maximum atomic E-state index is 9.58. The summed E-state index contributed by atoms with van der Waals surface area (Å²) >= 11 is 5.88. The summed E-state index contributed by atoms with van der Waals surface area (Å²) in [5.41, 5.74) is 1.10. The number of likely N-dealkylation sites (tertiary alicyclic amines) is 1. The first-order chi connectivity index (χ1) is 10.6. The first kappa shape index (κ1) is 15.5. The molecule has 2 aromatic rings. The Morgan fingerprint density at radius 3 is 2.68 bits per heavy atom. The van der Waals surface area contributed by atoms with Crippen LogP contribution in [0.1, 0.15) is 43.1 Å². The van der Waals surface area contributed by atoms with Gasteiger partial charge in [-0.25, -0.2) is 0 Å². The van der Waals surface area contributed by atoms with Crippen LogP contribution >= 0.6 is 11.6 Å². The van der Waals surface area contributed by atoms with Crippen LogP contribution in [0.3, 0.4) is 0 Å². The molecule has 1 unspecified atom stereocenters. The molecule has 0 spiro atoms. The molecule has 1 saturated heterocycles. The van der Waals surface area contributed by atoms with Gasteiger partial charge in [-0.15, -0.1) is 0 Å². The predicted molar refractivity (Wildman–Crippen MR) is 83.8 cm³/mol. The molecule has 5 nitrogen and oxygen atoms in total. The van der Waals surface area contributed by atoms with E-state index in [1.165, 1.54) is 0 Å². The third-order valence-electron chi connectivity index (χ3n) is 4.16. The fourth-order valence-electron chi connectivity index (χ4n) is 2.72. The number of aliphatic hydroxyl groups is 1. The number of hydrogen-bond donors (Lipinski definition) is 1. The van der Waals surface area contributed by atoms with Crippen molar-refractivity contribution in [3.8, 4) is 0 Å². The number of rotatable bonds is 4. The number of piperidine rings is 1. The maximum absolute atomic E-state index is 9.58. The summed E-state index contributed by atoms with van der Waals surface area (Å²) in [4.78, 5) is 6.78. The van der Waals surface area contributed by atoms with Crippen molar-refractivity contribution in [1.29, 1.82) is 0 Å². The van der Waals surface area contributed by atoms with Crippen molar-refractivity contribution in [2.75, 3.05) is 13.1 Å². The number of nitrogens with zero attached hydrogens (tertiary/aromatic N) is 3. The van der Waals surface area contributed by atoms with Gasteiger partial charge in [-0.05, 0) is 37.5 Å². The van der Waals surface area contributed by atoms with Crippen molar-refractivity contribution >= 4 is 11.6 Å². The Hall–Kier alpha value is -1.43. The lowest BCUT2D eigenvalue weighted by atomic mass is 10.1. The molecular weight excluding hydrogens is 302 g/mol. The topological polar surface area (TPSA) is 62.4 Å². The van der Waals surface area contributed by atoms with Crippen molar-refractivity contribution in [3.05, 3.63) is 46.6 Å². The van der Waals surface area contributed by atoms with Gasteiger partial charge in [-0.3, -0.25) is 4.90 Å². The summed E-state index contributed by atoms with van der Waals surface area (Å²) in [5.74, 6) is 1.32. The second-order valence-corrected chi connectivity index (χ2v) is 6.23. The first-order valence-corrected chi connectivity index (χ1v) is 7.98. The van der Waals surface area contributed by atoms with Gasteiger partial charge in [-0.2, -0.15) is 4.98 Å². The van der Waals surface area contributed by atoms with Crippen LogP contribution < -0.4 is 0 Å². The van der Waals surface area contributed by atoms with Gasteiger partial charge in [0.15, 0.2) is 5.82 Å². The molecule has 0 bridgehead atoms. The van der Waals surface area contributed by atoms with Crippen molar-refractivity contribution in [1.82, 2.24) is 15.0 Å². The zero-order valence-corrected chi connectivity index (χ0v) is 13.3. The highest BCUT2D eigenvalue weighted by Gasteiger charge is 2.25. The molecule has 1 fully saturated rings. The van der Waals surface area contributed by atoms with Gasteiger partial charge in [0.25, 0.3) is 0 Å². The van der Waals surface area contributed by atoms with Crippen molar-refractivity contribution < 1.29 is 9.63 Å². The van der Waals surface area contributed by atoms with Gasteiger partial charge in [0.1, 0.15) is 0 Å². The summed E-state index contributed by atoms with van der Waals surface area (Å²) < 4.78 is 5.41. The Morgan fingerprint density at radius 1 is 1.32 bits per heavy atom. The minimum absolute atomic E-state index is 0.0824. The lowest BCUT2D eigenvalue weighted by Crippen LogP contribution is -2.37. The molecule has 118 valence electrons. The minimum atomic E-state index is -0.174. The van der Waals surface area contributed by atoms with Gasteiger partial charge in [0.2, 0.25) is 5.89 Å². The average molecular weight is 322 g/mol. The van der Waals surface area contributed by atoms with Crippen LogP contribution in [0.15, 0.2) is 28.8 Å². The van der Waals surface area contributed by atoms with E-state index in [0.29, 0.717) is 18.1 Å². The molecule has 1 aromatic heterocycles. The van der Waals surface area contributed by atoms with E-state index in [4.69, 9.17) is 16.1 Å². The molecule has 0 radical (unpaired) electrons. The third kappa shape index (κ3) is 3.66. The predicted octanol–water partition coefficient (Wildman–Crippen LogP) is 2.83. The van der Waals surface area contributed by atoms with Crippen molar-refractivity contribution in [2.45, 2.75) is 38.3 Å². The summed E-state index contributed by atoms with van der Waals surface area (Å²) in [7, 11) is 0. The fraction of sp³-hybridized carbons (Fsp3) is 0.500. The summed E-state index contributed by atoms with van der Waals surface area (Å²) in [6.07, 6.45) is 2.06. The summed E-state index contributed by atoms with van der Waals surface area (Å²) in [6, 6.07) is 7.74. The van der Waals surface area contributed by atoms with E-state index in [-0.39, 0.29) is 12.1 Å². The van der Waals surface area contributed by atoms with Gasteiger partial charge >= 0.3 is 0 Å². The molecule has 1 atom stereocenters. The minimum Gasteiger partial charge on any atom is -0.393 e. The molecule has 6 heteroatoms. The normalized spacial score (nSPS) is 18.5. The number of benzene rings is 1. The summed E-state index contributed by atoms with van der Waals surface area (Å²) in [5, 5.41) is 14.4. The lowest BCUT2D eigenvalue weighted by molar-refractivity contribution is 0.0564. The number of hydrogen-bond acceptors (Lipinski definition) is 5. The Balaban J connectivity index is 1.64. The Bertz CT molecular complexity index is 606. The van der Waals surface area contributed by atoms with Crippen LogP contribution in [-0.4, -0.2) is 39.3 Å². The Kier molecular flexibility index (Phi) is 4.76. The number of aliphatic hydroxyl groups excluding tert-OH is 1. The number of aromatic nitrogens is 2. The van der Waals surface area contributed by atoms with Gasteiger partial charge in [0.05, 0.1) is 12.1 Å². The molecular formula is C16H20ClN3O2. The van der Waals surface area contributed by atoms with Gasteiger partial charge < -0.3 is 9.63 Å². The van der Waals surface area contributed by atoms with Crippen molar-refractivity contribution in [3.63, 3.8) is 0 Å². The molecule has 0 saturated carbocycles. The smallest absolute Gasteiger partial charge is 0.243 e. The fourth-order valence-corrected chi connectivity index (χ4v) is 2.85. The standard InChI is InChI=1S/C16H20ClN3O2/c1-11(20-8-6-14(21)7-9-20)16-18-15(19-22-16)10-12-2-4-13(17)5-3-12/h2-5,11,14,21H,6-10H2,1H3. The van der Waals surface area contributed by atoms with Crippen molar-refractivity contribution in [2.24, 2.45) is 0 Å². The first-order valence-electron chi connectivity index (χ1n) is 7.61. The Labute approximate surface area is 134 Å². The zero-order chi connectivity index (χ0) is 15.5. The molecule has 1 aliphatic heterocycles. The Morgan fingerprint density at radius 2 is 2.00 bits per heavy atom. The molecule has 3 rings (SSSR count). The van der Waals surface area contributed by atoms with Crippen LogP contribution in [0, 0.1) is 0 Å². The molecule has 1 N–H and O–H groups in total. The van der Waals surface area contributed by atoms with E-state index >= 15 is 0 Å². The average Bonchev–Trinajstić information content (AvgIpc) is 2.98. The van der Waals surface area contributed by atoms with E-state index in [2.05, 4.69) is 22.0 Å². The quantitative estimate of drug-likeness (QED) is 0.938. The van der Waals surface area contributed by atoms with E-state index < -0.39 is 0 Å². The van der Waals surface area contributed by atoms with Gasteiger partial charge in [0, 0.05) is 24.5 Å². The van der Waals surface area contributed by atoms with Crippen LogP contribution in [-0.2, 0) is 6.42 Å². The lowest BCUT2D eigenvalue weighted by Gasteiger charge is -2.32. The zero-order valence-electron chi connectivity index (χ0n) is 12.6. The van der Waals surface area contributed by atoms with Crippen LogP contribution in [0.4, 0.5) is 0 Å². The molecule has 2 heterocycles. The maximum Gasteiger partial charge on any atom is 0.243 e. The second-order valence-electron chi connectivity index (χ2n) is 5.80. The highest BCUT2D eigenvalue weighted by atomic mass is 35.5. The highest BCUT2D eigenvalue weighted by Crippen LogP contribution is 2.23. The highest BCUT2D eigenvalue weighted by molar-refractivity contribution is 6.30. The third-order valence-corrected chi connectivity index (χ3v) is 4.42. The molecule has 0 aliphatic carbocycles. The largest absolute Gasteiger partial charge is 0.393 e. The monoisotopic (exact) mass is 321 g/mol. The SMILES string of the molecule is CC(c1nc(Cc2ccc(Cl)cc2)no1)N1CCC(O)CC1. The molecule has 1 aromatic carbocycles. The number of halogens is 1. The van der Waals surface area contributed by atoms with E-state index in [0.717, 1.165) is 36.5 Å².